The summed E-state index contributed by atoms with van der Waals surface area (Å²) in [6, 6.07) is 1.29. The van der Waals surface area contributed by atoms with Gasteiger partial charge in [0.2, 0.25) is 0 Å². The fraction of sp³-hybridized carbons (Fsp3) is 1.00. The summed E-state index contributed by atoms with van der Waals surface area (Å²) >= 11 is 0. The van der Waals surface area contributed by atoms with E-state index in [9.17, 15) is 10.2 Å². The van der Waals surface area contributed by atoms with Crippen molar-refractivity contribution in [1.29, 1.82) is 0 Å². The standard InChI is InChI=1S/C28H74O10Si8/c1-39(2,3)33-45(34-40(4,5)6,35-41(7,8)9)23-19-21-31-27(25-29)28(26-30)32-22-20-24-46(36-42(10,11)12,37-43(13,14)15)38-44(16,17)18/h27-30H,19-26H2,1-18H3/t27-,28-/m1/s1. The molecule has 2 atom stereocenters. The van der Waals surface area contributed by atoms with E-state index >= 15 is 0 Å². The minimum absolute atomic E-state index is 0.259. The quantitative estimate of drug-likeness (QED) is 0.0712. The zero-order valence-corrected chi connectivity index (χ0v) is 41.0. The molecule has 0 saturated carbocycles. The Balaban J connectivity index is 5.59. The molecular formula is C28H74O10Si8. The van der Waals surface area contributed by atoms with Crippen LogP contribution in [0.1, 0.15) is 12.8 Å². The van der Waals surface area contributed by atoms with E-state index in [1.807, 2.05) is 0 Å². The van der Waals surface area contributed by atoms with Gasteiger partial charge in [0.1, 0.15) is 12.2 Å². The molecule has 0 unspecified atom stereocenters. The summed E-state index contributed by atoms with van der Waals surface area (Å²) in [5, 5.41) is 20.4. The summed E-state index contributed by atoms with van der Waals surface area (Å²) in [6.07, 6.45) is -0.00677. The third-order valence-electron chi connectivity index (χ3n) is 5.46. The lowest BCUT2D eigenvalue weighted by Gasteiger charge is -2.43. The number of rotatable bonds is 25. The molecule has 0 heterocycles. The number of hydrogen-bond donors (Lipinski definition) is 2. The molecular weight excluding hydrogens is 721 g/mol. The first kappa shape index (κ1) is 47.3. The van der Waals surface area contributed by atoms with Crippen LogP contribution in [0.15, 0.2) is 0 Å². The van der Waals surface area contributed by atoms with Gasteiger partial charge in [-0.15, -0.1) is 0 Å². The van der Waals surface area contributed by atoms with Crippen LogP contribution >= 0.6 is 0 Å². The molecule has 18 heteroatoms. The highest BCUT2D eigenvalue weighted by molar-refractivity contribution is 6.91. The monoisotopic (exact) mass is 794 g/mol. The Kier molecular flexibility index (Phi) is 19.3. The van der Waals surface area contributed by atoms with E-state index in [4.69, 9.17) is 34.2 Å². The van der Waals surface area contributed by atoms with Crippen molar-refractivity contribution < 1.29 is 44.4 Å². The van der Waals surface area contributed by atoms with Gasteiger partial charge in [0, 0.05) is 25.3 Å². The first-order valence-electron chi connectivity index (χ1n) is 17.0. The lowest BCUT2D eigenvalue weighted by atomic mass is 10.2. The van der Waals surface area contributed by atoms with E-state index in [0.717, 1.165) is 0 Å². The van der Waals surface area contributed by atoms with Crippen LogP contribution in [0.2, 0.25) is 130 Å². The number of aliphatic hydroxyl groups is 2. The minimum atomic E-state index is -2.98. The third-order valence-corrected chi connectivity index (χ3v) is 29.6. The molecule has 0 aliphatic heterocycles. The molecule has 0 rings (SSSR count). The van der Waals surface area contributed by atoms with Gasteiger partial charge in [0.25, 0.3) is 0 Å². The highest BCUT2D eigenvalue weighted by atomic mass is 28.5. The molecule has 0 aromatic rings. The van der Waals surface area contributed by atoms with E-state index in [1.54, 1.807) is 0 Å². The van der Waals surface area contributed by atoms with E-state index in [0.29, 0.717) is 38.1 Å². The van der Waals surface area contributed by atoms with Crippen molar-refractivity contribution in [1.82, 2.24) is 0 Å². The summed E-state index contributed by atoms with van der Waals surface area (Å²) in [6.45, 7) is 39.4. The zero-order valence-electron chi connectivity index (χ0n) is 33.0. The Hall–Kier alpha value is 1.34. The van der Waals surface area contributed by atoms with Crippen molar-refractivity contribution in [3.8, 4) is 0 Å². The highest BCUT2D eigenvalue weighted by Gasteiger charge is 2.51. The number of ether oxygens (including phenoxy) is 2. The average Bonchev–Trinajstić information content (AvgIpc) is 2.72. The second kappa shape index (κ2) is 18.7. The van der Waals surface area contributed by atoms with Crippen LogP contribution in [-0.4, -0.2) is 116 Å². The maximum atomic E-state index is 10.2. The van der Waals surface area contributed by atoms with E-state index in [-0.39, 0.29) is 13.2 Å². The number of aliphatic hydroxyl groups excluding tert-OH is 2. The van der Waals surface area contributed by atoms with Gasteiger partial charge in [-0.05, 0) is 131 Å². The van der Waals surface area contributed by atoms with Gasteiger partial charge in [0.05, 0.1) is 13.2 Å². The van der Waals surface area contributed by atoms with Crippen LogP contribution in [0, 0.1) is 0 Å². The largest absolute Gasteiger partial charge is 0.469 e. The lowest BCUT2D eigenvalue weighted by Crippen LogP contribution is -2.60. The van der Waals surface area contributed by atoms with Crippen molar-refractivity contribution in [3.63, 3.8) is 0 Å². The van der Waals surface area contributed by atoms with Gasteiger partial charge >= 0.3 is 17.6 Å². The summed E-state index contributed by atoms with van der Waals surface area (Å²) in [4.78, 5) is 0. The van der Waals surface area contributed by atoms with Gasteiger partial charge in [0.15, 0.2) is 49.9 Å². The molecule has 0 aliphatic rings. The van der Waals surface area contributed by atoms with Crippen LogP contribution in [-0.2, 0) is 34.2 Å². The minimum Gasteiger partial charge on any atom is -0.417 e. The van der Waals surface area contributed by atoms with Crippen molar-refractivity contribution in [2.75, 3.05) is 26.4 Å². The summed E-state index contributed by atoms with van der Waals surface area (Å²) < 4.78 is 52.9. The lowest BCUT2D eigenvalue weighted by molar-refractivity contribution is -0.109. The van der Waals surface area contributed by atoms with Gasteiger partial charge in [-0.1, -0.05) is 0 Å². The third kappa shape index (κ3) is 23.7. The molecule has 10 nitrogen and oxygen atoms in total. The molecule has 0 aliphatic carbocycles. The molecule has 0 amide bonds. The predicted molar refractivity (Wildman–Crippen MR) is 211 cm³/mol. The van der Waals surface area contributed by atoms with Gasteiger partial charge in [-0.2, -0.15) is 0 Å². The molecule has 0 bridgehead atoms. The summed E-state index contributed by atoms with van der Waals surface area (Å²) in [7, 11) is -17.8. The molecule has 0 saturated heterocycles. The van der Waals surface area contributed by atoms with E-state index < -0.39 is 79.7 Å². The topological polar surface area (TPSA) is 114 Å². The van der Waals surface area contributed by atoms with Crippen LogP contribution in [0.4, 0.5) is 0 Å². The second-order valence-corrected chi connectivity index (χ2v) is 52.0. The number of hydrogen-bond acceptors (Lipinski definition) is 10. The molecule has 0 aromatic heterocycles. The Morgan fingerprint density at radius 3 is 0.717 bits per heavy atom. The highest BCUT2D eigenvalue weighted by Crippen LogP contribution is 2.31. The Bertz CT molecular complexity index is 708. The zero-order chi connectivity index (χ0) is 36.5. The molecule has 0 radical (unpaired) electrons. The van der Waals surface area contributed by atoms with Crippen LogP contribution in [0.5, 0.6) is 0 Å². The van der Waals surface area contributed by atoms with Crippen molar-refractivity contribution in [2.24, 2.45) is 0 Å². The van der Waals surface area contributed by atoms with Gasteiger partial charge in [-0.25, -0.2) is 0 Å². The first-order chi connectivity index (χ1) is 20.3. The normalized spacial score (nSPS) is 16.2. The molecule has 0 fully saturated rings. The predicted octanol–water partition coefficient (Wildman–Crippen LogP) is 7.51. The maximum absolute atomic E-state index is 10.2. The molecule has 46 heavy (non-hydrogen) atoms. The Morgan fingerprint density at radius 2 is 0.565 bits per heavy atom. The Labute approximate surface area is 292 Å². The summed E-state index contributed by atoms with van der Waals surface area (Å²) in [5.41, 5.74) is 0. The SMILES string of the molecule is C[Si](C)(C)O[Si](CCCO[C@H](CO)[C@@H](CO)OCCC[Si](O[Si](C)(C)C)(O[Si](C)(C)C)O[Si](C)(C)C)(O[Si](C)(C)C)O[Si](C)(C)C. The first-order valence-corrected chi connectivity index (χ1v) is 41.3. The van der Waals surface area contributed by atoms with E-state index in [1.165, 1.54) is 0 Å². The fourth-order valence-electron chi connectivity index (χ4n) is 4.83. The molecule has 2 N–H and O–H groups in total. The second-order valence-electron chi connectivity index (χ2n) is 18.0. The van der Waals surface area contributed by atoms with Gasteiger partial charge < -0.3 is 44.4 Å². The molecule has 278 valence electrons. The van der Waals surface area contributed by atoms with Crippen LogP contribution in [0.3, 0.4) is 0 Å². The van der Waals surface area contributed by atoms with Crippen molar-refractivity contribution in [2.45, 2.75) is 155 Å². The summed E-state index contributed by atoms with van der Waals surface area (Å²) in [5.74, 6) is 0. The van der Waals surface area contributed by atoms with E-state index in [2.05, 4.69) is 118 Å². The van der Waals surface area contributed by atoms with Crippen LogP contribution in [0.25, 0.3) is 0 Å². The average molecular weight is 796 g/mol. The molecule has 0 spiro atoms. The van der Waals surface area contributed by atoms with Gasteiger partial charge in [-0.3, -0.25) is 0 Å². The fourth-order valence-corrected chi connectivity index (χ4v) is 34.1. The van der Waals surface area contributed by atoms with Crippen molar-refractivity contribution >= 4 is 67.5 Å². The maximum Gasteiger partial charge on any atom is 0.469 e. The van der Waals surface area contributed by atoms with Crippen LogP contribution < -0.4 is 0 Å². The van der Waals surface area contributed by atoms with Crippen molar-refractivity contribution in [3.05, 3.63) is 0 Å². The smallest absolute Gasteiger partial charge is 0.417 e. The molecule has 0 aromatic carbocycles. The Morgan fingerprint density at radius 1 is 0.370 bits per heavy atom.